The Labute approximate surface area is 102 Å². The molecule has 0 aliphatic heterocycles. The summed E-state index contributed by atoms with van der Waals surface area (Å²) in [6.07, 6.45) is 7.29. The van der Waals surface area contributed by atoms with Crippen molar-refractivity contribution in [2.75, 3.05) is 18.0 Å². The smallest absolute Gasteiger partial charge is 0.147 e. The minimum absolute atomic E-state index is 0.0360. The van der Waals surface area contributed by atoms with Crippen molar-refractivity contribution < 1.29 is 0 Å². The molecular weight excluding hydrogens is 214 g/mol. The monoisotopic (exact) mass is 233 g/mol. The Morgan fingerprint density at radius 2 is 2.24 bits per heavy atom. The summed E-state index contributed by atoms with van der Waals surface area (Å²) in [7, 11) is 0. The van der Waals surface area contributed by atoms with E-state index in [9.17, 15) is 0 Å². The minimum atomic E-state index is -0.0360. The molecule has 1 saturated carbocycles. The van der Waals surface area contributed by atoms with Crippen LogP contribution in [-0.2, 0) is 0 Å². The first-order valence-corrected chi connectivity index (χ1v) is 6.12. The van der Waals surface area contributed by atoms with Crippen molar-refractivity contribution >= 4 is 11.7 Å². The van der Waals surface area contributed by atoms with Gasteiger partial charge >= 0.3 is 0 Å². The number of hydrogen-bond acceptors (Lipinski definition) is 4. The molecule has 5 heteroatoms. The molecule has 0 unspecified atom stereocenters. The van der Waals surface area contributed by atoms with Gasteiger partial charge in [-0.05, 0) is 25.7 Å². The number of nitrogens with zero attached hydrogens (tertiary/aromatic N) is 3. The standard InChI is InChI=1S/C12H19N5/c1-2-17(8-9-4-3-5-9)11-7-15-10(6-16-11)12(13)14/h6-7,9H,2-5,8H2,1H3,(H3,13,14). The normalized spacial score (nSPS) is 15.4. The second kappa shape index (κ2) is 5.12. The van der Waals surface area contributed by atoms with Crippen LogP contribution in [0.2, 0.25) is 0 Å². The number of hydrogen-bond donors (Lipinski definition) is 2. The van der Waals surface area contributed by atoms with Gasteiger partial charge in [-0.3, -0.25) is 5.41 Å². The van der Waals surface area contributed by atoms with E-state index in [0.717, 1.165) is 24.8 Å². The lowest BCUT2D eigenvalue weighted by Crippen LogP contribution is -2.33. The number of aromatic nitrogens is 2. The van der Waals surface area contributed by atoms with Gasteiger partial charge in [0.1, 0.15) is 17.3 Å². The Bertz CT molecular complexity index is 382. The maximum Gasteiger partial charge on any atom is 0.147 e. The lowest BCUT2D eigenvalue weighted by molar-refractivity contribution is 0.318. The van der Waals surface area contributed by atoms with Gasteiger partial charge in [0.2, 0.25) is 0 Å². The van der Waals surface area contributed by atoms with Crippen LogP contribution in [0, 0.1) is 11.3 Å². The number of nitrogen functional groups attached to an aromatic ring is 1. The molecule has 0 aromatic carbocycles. The van der Waals surface area contributed by atoms with Crippen molar-refractivity contribution in [3.8, 4) is 0 Å². The maximum atomic E-state index is 7.27. The quantitative estimate of drug-likeness (QED) is 0.595. The third-order valence-corrected chi connectivity index (χ3v) is 3.32. The van der Waals surface area contributed by atoms with Crippen LogP contribution < -0.4 is 10.6 Å². The van der Waals surface area contributed by atoms with Crippen LogP contribution >= 0.6 is 0 Å². The van der Waals surface area contributed by atoms with Crippen molar-refractivity contribution in [2.45, 2.75) is 26.2 Å². The second-order valence-corrected chi connectivity index (χ2v) is 4.51. The topological polar surface area (TPSA) is 78.9 Å². The maximum absolute atomic E-state index is 7.27. The molecule has 1 heterocycles. The molecule has 1 aromatic rings. The molecule has 92 valence electrons. The summed E-state index contributed by atoms with van der Waals surface area (Å²) in [5, 5.41) is 7.27. The zero-order chi connectivity index (χ0) is 12.3. The molecule has 1 aliphatic rings. The largest absolute Gasteiger partial charge is 0.382 e. The van der Waals surface area contributed by atoms with Gasteiger partial charge in [-0.1, -0.05) is 6.42 Å². The van der Waals surface area contributed by atoms with Crippen LogP contribution in [0.4, 0.5) is 5.82 Å². The number of amidine groups is 1. The van der Waals surface area contributed by atoms with Crippen molar-refractivity contribution in [1.82, 2.24) is 9.97 Å². The lowest BCUT2D eigenvalue weighted by atomic mass is 9.85. The molecule has 1 aromatic heterocycles. The van der Waals surface area contributed by atoms with E-state index >= 15 is 0 Å². The molecule has 0 saturated heterocycles. The second-order valence-electron chi connectivity index (χ2n) is 4.51. The summed E-state index contributed by atoms with van der Waals surface area (Å²) in [5.41, 5.74) is 5.79. The molecule has 1 fully saturated rings. The predicted molar refractivity (Wildman–Crippen MR) is 68.3 cm³/mol. The number of nitrogens with two attached hydrogens (primary N) is 1. The third-order valence-electron chi connectivity index (χ3n) is 3.32. The first kappa shape index (κ1) is 11.8. The molecule has 3 N–H and O–H groups in total. The van der Waals surface area contributed by atoms with Crippen molar-refractivity contribution in [3.05, 3.63) is 18.1 Å². The average Bonchev–Trinajstić information content (AvgIpc) is 2.28. The van der Waals surface area contributed by atoms with E-state index in [1.54, 1.807) is 12.4 Å². The van der Waals surface area contributed by atoms with Gasteiger partial charge in [-0.2, -0.15) is 0 Å². The van der Waals surface area contributed by atoms with Gasteiger partial charge in [0.25, 0.3) is 0 Å². The molecule has 17 heavy (non-hydrogen) atoms. The van der Waals surface area contributed by atoms with Crippen LogP contribution in [0.3, 0.4) is 0 Å². The van der Waals surface area contributed by atoms with Gasteiger partial charge in [0.05, 0.1) is 12.4 Å². The number of anilines is 1. The molecular formula is C12H19N5. The van der Waals surface area contributed by atoms with E-state index in [2.05, 4.69) is 21.8 Å². The molecule has 0 spiro atoms. The van der Waals surface area contributed by atoms with Crippen LogP contribution in [0.15, 0.2) is 12.4 Å². The number of rotatable bonds is 5. The summed E-state index contributed by atoms with van der Waals surface area (Å²) >= 11 is 0. The molecule has 5 nitrogen and oxygen atoms in total. The fraction of sp³-hybridized carbons (Fsp3) is 0.583. The highest BCUT2D eigenvalue weighted by atomic mass is 15.2. The Morgan fingerprint density at radius 3 is 2.65 bits per heavy atom. The highest BCUT2D eigenvalue weighted by Crippen LogP contribution is 2.28. The van der Waals surface area contributed by atoms with Gasteiger partial charge in [0, 0.05) is 13.1 Å². The minimum Gasteiger partial charge on any atom is -0.382 e. The lowest BCUT2D eigenvalue weighted by Gasteiger charge is -2.32. The Balaban J connectivity index is 2.04. The summed E-state index contributed by atoms with van der Waals surface area (Å²) in [5.74, 6) is 1.65. The van der Waals surface area contributed by atoms with E-state index in [-0.39, 0.29) is 5.84 Å². The van der Waals surface area contributed by atoms with E-state index in [1.807, 2.05) is 0 Å². The average molecular weight is 233 g/mol. The first-order chi connectivity index (χ1) is 8.20. The fourth-order valence-electron chi connectivity index (χ4n) is 2.00. The van der Waals surface area contributed by atoms with E-state index < -0.39 is 0 Å². The number of nitrogens with one attached hydrogen (secondary N) is 1. The summed E-state index contributed by atoms with van der Waals surface area (Å²) in [4.78, 5) is 10.7. The summed E-state index contributed by atoms with van der Waals surface area (Å²) in [6.45, 7) is 4.12. The van der Waals surface area contributed by atoms with Crippen molar-refractivity contribution in [3.63, 3.8) is 0 Å². The Hall–Kier alpha value is -1.65. The van der Waals surface area contributed by atoms with E-state index in [4.69, 9.17) is 11.1 Å². The van der Waals surface area contributed by atoms with E-state index in [1.165, 1.54) is 19.3 Å². The zero-order valence-electron chi connectivity index (χ0n) is 10.2. The molecule has 0 bridgehead atoms. The SMILES string of the molecule is CCN(CC1CCC1)c1cnc(C(=N)N)cn1. The molecule has 0 atom stereocenters. The van der Waals surface area contributed by atoms with Crippen LogP contribution in [-0.4, -0.2) is 28.9 Å². The molecule has 2 rings (SSSR count). The Kier molecular flexibility index (Phi) is 3.56. The molecule has 1 aliphatic carbocycles. The van der Waals surface area contributed by atoms with Crippen molar-refractivity contribution in [2.24, 2.45) is 11.7 Å². The fourth-order valence-corrected chi connectivity index (χ4v) is 2.00. The van der Waals surface area contributed by atoms with Crippen LogP contribution in [0.1, 0.15) is 31.9 Å². The molecule has 0 radical (unpaired) electrons. The van der Waals surface area contributed by atoms with E-state index in [0.29, 0.717) is 5.69 Å². The van der Waals surface area contributed by atoms with Gasteiger partial charge in [0.15, 0.2) is 0 Å². The Morgan fingerprint density at radius 1 is 1.47 bits per heavy atom. The van der Waals surface area contributed by atoms with Crippen LogP contribution in [0.5, 0.6) is 0 Å². The summed E-state index contributed by atoms with van der Waals surface area (Å²) < 4.78 is 0. The third kappa shape index (κ3) is 2.72. The van der Waals surface area contributed by atoms with Gasteiger partial charge in [-0.25, -0.2) is 9.97 Å². The molecule has 0 amide bonds. The first-order valence-electron chi connectivity index (χ1n) is 6.12. The zero-order valence-corrected chi connectivity index (χ0v) is 10.2. The van der Waals surface area contributed by atoms with Gasteiger partial charge in [-0.15, -0.1) is 0 Å². The highest BCUT2D eigenvalue weighted by Gasteiger charge is 2.20. The van der Waals surface area contributed by atoms with Gasteiger partial charge < -0.3 is 10.6 Å². The summed E-state index contributed by atoms with van der Waals surface area (Å²) in [6, 6.07) is 0. The predicted octanol–water partition coefficient (Wildman–Crippen LogP) is 1.39. The van der Waals surface area contributed by atoms with Crippen molar-refractivity contribution in [1.29, 1.82) is 5.41 Å². The highest BCUT2D eigenvalue weighted by molar-refractivity contribution is 5.92. The van der Waals surface area contributed by atoms with Crippen LogP contribution in [0.25, 0.3) is 0 Å².